The highest BCUT2D eigenvalue weighted by Crippen LogP contribution is 2.37. The van der Waals surface area contributed by atoms with E-state index in [0.29, 0.717) is 63.3 Å². The Balaban J connectivity index is 0.000000198. The minimum absolute atomic E-state index is 0.157. The largest absolute Gasteiger partial charge is 0.493 e. The Morgan fingerprint density at radius 1 is 0.239 bits per heavy atom. The lowest BCUT2D eigenvalue weighted by Gasteiger charge is -2.27. The van der Waals surface area contributed by atoms with Gasteiger partial charge in [-0.3, -0.25) is 0 Å². The SMILES string of the molecule is CCCNc1cccc(OCC2CCCCC2)c1.CCC[C@@H](O)c1cccc(OC[C@@H]2CCCC[C@@H]2O)c1.CCC[C@@H](O)c1cccc(OC[C@@H]2CCC[C@@H](O)C2)c1.CCC[C@@H](O)c1cccc(OC[C@@H]2CCC[C@H](O)C2)c1.CCC[C@@H](O)c1cccc(OC[C@H]2CCCC[C@@H]2O)c1.CCC[C@@H](O)c1cccc(OC[C@H]2CCC[C@@H](O)C2)c1.CCC[C@@H](O)c1cccc(OC[C@H]2CCC[C@H](O)C2)c1. The first-order valence-electron chi connectivity index (χ1n) is 54.0. The fourth-order valence-electron chi connectivity index (χ4n) is 19.7. The van der Waals surface area contributed by atoms with Crippen LogP contribution in [0.25, 0.3) is 0 Å². The third-order valence-corrected chi connectivity index (χ3v) is 28.1. The summed E-state index contributed by atoms with van der Waals surface area (Å²) in [4.78, 5) is 0. The van der Waals surface area contributed by atoms with Crippen LogP contribution < -0.4 is 38.5 Å². The van der Waals surface area contributed by atoms with E-state index >= 15 is 0 Å². The van der Waals surface area contributed by atoms with Gasteiger partial charge in [-0.25, -0.2) is 0 Å². The Hall–Kier alpha value is -7.54. The van der Waals surface area contributed by atoms with E-state index in [9.17, 15) is 61.3 Å². The van der Waals surface area contributed by atoms with Crippen LogP contribution >= 0.6 is 0 Å². The van der Waals surface area contributed by atoms with E-state index in [-0.39, 0.29) is 48.5 Å². The topological polar surface area (TPSA) is 319 Å². The number of hydrogen-bond acceptors (Lipinski definition) is 20. The molecule has 7 aliphatic carbocycles. The monoisotopic (exact) mass is 1920 g/mol. The molecule has 7 saturated carbocycles. The van der Waals surface area contributed by atoms with E-state index in [0.717, 1.165) is 323 Å². The highest BCUT2D eigenvalue weighted by molar-refractivity contribution is 5.48. The fraction of sp³-hybridized carbons (Fsp3) is 0.644. The maximum Gasteiger partial charge on any atom is 0.121 e. The molecule has 7 fully saturated rings. The molecular formula is C118H181NO19. The van der Waals surface area contributed by atoms with E-state index in [1.807, 2.05) is 146 Å². The van der Waals surface area contributed by atoms with Gasteiger partial charge >= 0.3 is 0 Å². The van der Waals surface area contributed by atoms with Crippen molar-refractivity contribution in [1.29, 1.82) is 0 Å². The summed E-state index contributed by atoms with van der Waals surface area (Å²) in [5.41, 5.74) is 6.68. The number of ether oxygens (including phenoxy) is 7. The van der Waals surface area contributed by atoms with Gasteiger partial charge in [0.25, 0.3) is 0 Å². The summed E-state index contributed by atoms with van der Waals surface area (Å²) in [5.74, 6) is 8.89. The molecule has 0 aliphatic heterocycles. The summed E-state index contributed by atoms with van der Waals surface area (Å²) in [7, 11) is 0. The van der Waals surface area contributed by atoms with Gasteiger partial charge in [-0.2, -0.15) is 0 Å². The van der Waals surface area contributed by atoms with E-state index in [4.69, 9.17) is 33.2 Å². The fourth-order valence-corrected chi connectivity index (χ4v) is 19.7. The van der Waals surface area contributed by atoms with Crippen LogP contribution in [0.15, 0.2) is 170 Å². The van der Waals surface area contributed by atoms with Crippen LogP contribution in [0, 0.1) is 41.4 Å². The van der Waals surface area contributed by atoms with Gasteiger partial charge in [0.1, 0.15) is 40.2 Å². The molecule has 7 aromatic rings. The van der Waals surface area contributed by atoms with E-state index in [2.05, 4.69) is 78.0 Å². The molecule has 20 nitrogen and oxygen atoms in total. The Kier molecular flexibility index (Phi) is 56.9. The van der Waals surface area contributed by atoms with E-state index in [1.165, 1.54) is 44.9 Å². The molecule has 138 heavy (non-hydrogen) atoms. The van der Waals surface area contributed by atoms with Gasteiger partial charge < -0.3 is 99.8 Å². The molecule has 0 amide bonds. The van der Waals surface area contributed by atoms with Crippen LogP contribution in [0.1, 0.15) is 388 Å². The van der Waals surface area contributed by atoms with Gasteiger partial charge in [0.15, 0.2) is 0 Å². The molecule has 0 radical (unpaired) electrons. The molecule has 0 heterocycles. The summed E-state index contributed by atoms with van der Waals surface area (Å²) in [5, 5.41) is 122. The molecule has 0 bridgehead atoms. The molecule has 7 aromatic carbocycles. The summed E-state index contributed by atoms with van der Waals surface area (Å²) in [6, 6.07) is 54.6. The van der Waals surface area contributed by atoms with Crippen molar-refractivity contribution in [3.63, 3.8) is 0 Å². The van der Waals surface area contributed by atoms with Crippen LogP contribution in [0.5, 0.6) is 40.2 Å². The number of benzene rings is 7. The maximum absolute atomic E-state index is 10.0. The van der Waals surface area contributed by atoms with Crippen molar-refractivity contribution in [2.24, 2.45) is 41.4 Å². The molecule has 13 N–H and O–H groups in total. The van der Waals surface area contributed by atoms with Gasteiger partial charge in [-0.1, -0.05) is 236 Å². The van der Waals surface area contributed by atoms with Crippen molar-refractivity contribution in [3.8, 4) is 40.2 Å². The smallest absolute Gasteiger partial charge is 0.121 e. The number of aliphatic hydroxyl groups excluding tert-OH is 12. The molecule has 0 unspecified atom stereocenters. The van der Waals surface area contributed by atoms with Crippen molar-refractivity contribution in [2.45, 2.75) is 391 Å². The molecule has 14 rings (SSSR count). The van der Waals surface area contributed by atoms with Crippen LogP contribution in [-0.2, 0) is 0 Å². The third kappa shape index (κ3) is 45.8. The van der Waals surface area contributed by atoms with Crippen molar-refractivity contribution in [2.75, 3.05) is 58.1 Å². The quantitative estimate of drug-likeness (QED) is 0.0169. The Labute approximate surface area is 829 Å². The van der Waals surface area contributed by atoms with Gasteiger partial charge in [0.2, 0.25) is 0 Å². The first-order valence-corrected chi connectivity index (χ1v) is 54.0. The molecular weight excluding hydrogens is 1740 g/mol. The molecule has 0 saturated heterocycles. The third-order valence-electron chi connectivity index (χ3n) is 28.1. The Morgan fingerprint density at radius 2 is 0.464 bits per heavy atom. The maximum atomic E-state index is 10.0. The average molecular weight is 1920 g/mol. The first-order chi connectivity index (χ1) is 67.0. The van der Waals surface area contributed by atoms with Crippen molar-refractivity contribution in [1.82, 2.24) is 0 Å². The molecule has 7 aliphatic rings. The molecule has 0 aromatic heterocycles. The summed E-state index contributed by atoms with van der Waals surface area (Å²) in [6.45, 7) is 20.2. The minimum Gasteiger partial charge on any atom is -0.493 e. The number of anilines is 1. The number of rotatable bonds is 42. The highest BCUT2D eigenvalue weighted by Gasteiger charge is 2.29. The molecule has 0 spiro atoms. The number of aliphatic hydroxyl groups is 12. The van der Waals surface area contributed by atoms with E-state index in [1.54, 1.807) is 0 Å². The zero-order valence-electron chi connectivity index (χ0n) is 85.2. The van der Waals surface area contributed by atoms with Crippen molar-refractivity contribution in [3.05, 3.63) is 203 Å². The normalized spacial score (nSPS) is 23.3. The first kappa shape index (κ1) is 116. The summed E-state index contributed by atoms with van der Waals surface area (Å²) < 4.78 is 40.9. The number of hydrogen-bond donors (Lipinski definition) is 13. The molecule has 772 valence electrons. The molecule has 18 atom stereocenters. The minimum atomic E-state index is -0.413. The van der Waals surface area contributed by atoms with Crippen LogP contribution in [0.4, 0.5) is 5.69 Å². The number of nitrogens with one attached hydrogen (secondary N) is 1. The van der Waals surface area contributed by atoms with Gasteiger partial charge in [0, 0.05) is 30.1 Å². The second kappa shape index (κ2) is 67.8. The van der Waals surface area contributed by atoms with Crippen LogP contribution in [-0.4, -0.2) is 151 Å². The van der Waals surface area contributed by atoms with Crippen molar-refractivity contribution >= 4 is 5.69 Å². The lowest BCUT2D eigenvalue weighted by Crippen LogP contribution is -2.29. The predicted molar refractivity (Wildman–Crippen MR) is 556 cm³/mol. The Bertz CT molecular complexity index is 3890. The van der Waals surface area contributed by atoms with Crippen LogP contribution in [0.2, 0.25) is 0 Å². The van der Waals surface area contributed by atoms with Gasteiger partial charge in [-0.05, 0) is 308 Å². The zero-order chi connectivity index (χ0) is 98.9. The summed E-state index contributed by atoms with van der Waals surface area (Å²) in [6.07, 6.45) is 39.3. The van der Waals surface area contributed by atoms with Gasteiger partial charge in [0.05, 0.1) is 119 Å². The molecule has 20 heteroatoms. The second-order valence-corrected chi connectivity index (χ2v) is 40.4. The van der Waals surface area contributed by atoms with Gasteiger partial charge in [-0.15, -0.1) is 0 Å². The van der Waals surface area contributed by atoms with E-state index < -0.39 is 36.6 Å². The predicted octanol–water partition coefficient (Wildman–Crippen LogP) is 25.2. The van der Waals surface area contributed by atoms with Crippen molar-refractivity contribution < 1.29 is 94.4 Å². The average Bonchev–Trinajstić information content (AvgIpc) is 0.842. The second-order valence-electron chi connectivity index (χ2n) is 40.4. The van der Waals surface area contributed by atoms with Crippen LogP contribution in [0.3, 0.4) is 0 Å². The Morgan fingerprint density at radius 3 is 0.710 bits per heavy atom. The zero-order valence-corrected chi connectivity index (χ0v) is 85.2. The highest BCUT2D eigenvalue weighted by atomic mass is 16.5. The lowest BCUT2D eigenvalue weighted by molar-refractivity contribution is 0.0419. The standard InChI is InChI=1S/6C17H26O3.C16H25NO/c4*1-2-5-17(19)14-7-4-9-16(11-14)20-12-13-6-3-8-15(18)10-13;2*1-2-6-16(18)13-8-5-9-15(11-13)20-12-14-7-3-4-10-17(14)19;1-2-11-17-15-9-6-10-16(12-15)18-13-14-7-4-3-5-8-14/h4*4,7,9,11,13,15,17-19H,2-3,5-6,8,10,12H2,1H3;2*5,8-9,11,14,16-19H,2-4,6-7,10,12H2,1H3;6,9-10,12,14,17H,2-5,7-8,11,13H2,1H3/t13-,15+,17+;13-,15+,17-;13-,15-,17+;13-,15-,17-;14-,16+,17-;14-,16-,17+;/m010101./s1. The summed E-state index contributed by atoms with van der Waals surface area (Å²) >= 11 is 0. The lowest BCUT2D eigenvalue weighted by atomic mass is 9.87.